The number of rotatable bonds is 4. The fraction of sp³-hybridized carbons (Fsp3) is 0.600. The van der Waals surface area contributed by atoms with Crippen molar-refractivity contribution in [2.45, 2.75) is 44.6 Å². The van der Waals surface area contributed by atoms with Crippen LogP contribution in [0.15, 0.2) is 22.7 Å². The van der Waals surface area contributed by atoms with Gasteiger partial charge in [0.05, 0.1) is 12.7 Å². The van der Waals surface area contributed by atoms with Crippen molar-refractivity contribution in [1.82, 2.24) is 0 Å². The predicted molar refractivity (Wildman–Crippen MR) is 77.0 cm³/mol. The third kappa shape index (κ3) is 2.72. The summed E-state index contributed by atoms with van der Waals surface area (Å²) in [5, 5.41) is 10.8. The molecule has 0 saturated heterocycles. The van der Waals surface area contributed by atoms with E-state index in [1.54, 1.807) is 7.11 Å². The van der Waals surface area contributed by atoms with Gasteiger partial charge in [0.2, 0.25) is 0 Å². The highest BCUT2D eigenvalue weighted by molar-refractivity contribution is 9.10. The van der Waals surface area contributed by atoms with Gasteiger partial charge in [-0.15, -0.1) is 0 Å². The summed E-state index contributed by atoms with van der Waals surface area (Å²) in [6.07, 6.45) is 4.96. The van der Waals surface area contributed by atoms with Crippen LogP contribution in [0, 0.1) is 5.92 Å². The number of methoxy groups -OCH3 is 1. The molecule has 1 aliphatic carbocycles. The summed E-state index contributed by atoms with van der Waals surface area (Å²) < 4.78 is 6.31. The number of hydrogen-bond donors (Lipinski definition) is 1. The first kappa shape index (κ1) is 13.9. The Hall–Kier alpha value is -0.540. The van der Waals surface area contributed by atoms with Crippen LogP contribution in [0.25, 0.3) is 0 Å². The molecular weight excluding hydrogens is 292 g/mol. The Kier molecular flexibility index (Phi) is 4.33. The Morgan fingerprint density at radius 3 is 2.94 bits per heavy atom. The Morgan fingerprint density at radius 1 is 1.50 bits per heavy atom. The summed E-state index contributed by atoms with van der Waals surface area (Å²) in [6, 6.07) is 5.95. The van der Waals surface area contributed by atoms with Crippen LogP contribution in [-0.4, -0.2) is 17.8 Å². The van der Waals surface area contributed by atoms with Gasteiger partial charge in [-0.05, 0) is 42.5 Å². The highest BCUT2D eigenvalue weighted by Crippen LogP contribution is 2.41. The number of hydrogen-bond acceptors (Lipinski definition) is 2. The average Bonchev–Trinajstić information content (AvgIpc) is 2.73. The minimum Gasteiger partial charge on any atom is -0.497 e. The van der Waals surface area contributed by atoms with Crippen LogP contribution < -0.4 is 4.74 Å². The van der Waals surface area contributed by atoms with Crippen molar-refractivity contribution in [3.8, 4) is 5.75 Å². The molecule has 0 bridgehead atoms. The summed E-state index contributed by atoms with van der Waals surface area (Å²) in [5.41, 5.74) is 0.598. The average molecular weight is 313 g/mol. The third-order valence-electron chi connectivity index (χ3n) is 4.16. The minimum absolute atomic E-state index is 0.426. The molecule has 0 amide bonds. The molecule has 2 nitrogen and oxygen atoms in total. The number of aliphatic hydroxyl groups is 1. The molecule has 2 atom stereocenters. The molecule has 1 aliphatic rings. The zero-order valence-electron chi connectivity index (χ0n) is 11.1. The maximum Gasteiger partial charge on any atom is 0.119 e. The summed E-state index contributed by atoms with van der Waals surface area (Å²) in [4.78, 5) is 0. The molecule has 0 radical (unpaired) electrons. The van der Waals surface area contributed by atoms with Gasteiger partial charge < -0.3 is 9.84 Å². The van der Waals surface area contributed by atoms with Gasteiger partial charge in [-0.25, -0.2) is 0 Å². The Morgan fingerprint density at radius 2 is 2.28 bits per heavy atom. The summed E-state index contributed by atoms with van der Waals surface area (Å²) in [7, 11) is 1.67. The van der Waals surface area contributed by atoms with E-state index in [2.05, 4.69) is 22.9 Å². The largest absolute Gasteiger partial charge is 0.497 e. The monoisotopic (exact) mass is 312 g/mol. The smallest absolute Gasteiger partial charge is 0.119 e. The summed E-state index contributed by atoms with van der Waals surface area (Å²) >= 11 is 3.57. The molecule has 1 aromatic carbocycles. The van der Waals surface area contributed by atoms with E-state index < -0.39 is 5.60 Å². The Balaban J connectivity index is 2.22. The lowest BCUT2D eigenvalue weighted by atomic mass is 9.83. The topological polar surface area (TPSA) is 29.5 Å². The van der Waals surface area contributed by atoms with Crippen LogP contribution in [-0.2, 0) is 6.42 Å². The van der Waals surface area contributed by atoms with E-state index in [1.165, 1.54) is 0 Å². The first-order valence-corrected chi connectivity index (χ1v) is 7.43. The van der Waals surface area contributed by atoms with E-state index in [-0.39, 0.29) is 0 Å². The lowest BCUT2D eigenvalue weighted by Crippen LogP contribution is -2.35. The van der Waals surface area contributed by atoms with Gasteiger partial charge in [0.15, 0.2) is 0 Å². The van der Waals surface area contributed by atoms with Gasteiger partial charge in [-0.3, -0.25) is 0 Å². The van der Waals surface area contributed by atoms with Crippen molar-refractivity contribution in [2.75, 3.05) is 7.11 Å². The molecule has 2 unspecified atom stereocenters. The lowest BCUT2D eigenvalue weighted by molar-refractivity contribution is 0.00130. The van der Waals surface area contributed by atoms with Gasteiger partial charge in [0.1, 0.15) is 5.75 Å². The molecule has 3 heteroatoms. The molecule has 1 aromatic rings. The van der Waals surface area contributed by atoms with Crippen molar-refractivity contribution in [2.24, 2.45) is 5.92 Å². The number of ether oxygens (including phenoxy) is 1. The molecular formula is C15H21BrO2. The second-order valence-electron chi connectivity index (χ2n) is 5.24. The van der Waals surface area contributed by atoms with Crippen LogP contribution in [0.3, 0.4) is 0 Å². The van der Waals surface area contributed by atoms with Gasteiger partial charge in [0, 0.05) is 10.9 Å². The van der Waals surface area contributed by atoms with E-state index in [0.717, 1.165) is 41.5 Å². The molecule has 1 fully saturated rings. The molecule has 1 N–H and O–H groups in total. The van der Waals surface area contributed by atoms with E-state index in [0.29, 0.717) is 12.3 Å². The Bertz CT molecular complexity index is 419. The van der Waals surface area contributed by atoms with E-state index in [4.69, 9.17) is 4.74 Å². The molecule has 0 heterocycles. The number of halogens is 1. The summed E-state index contributed by atoms with van der Waals surface area (Å²) in [5.74, 6) is 1.28. The third-order valence-corrected chi connectivity index (χ3v) is 4.94. The second kappa shape index (κ2) is 5.62. The summed E-state index contributed by atoms with van der Waals surface area (Å²) in [6.45, 7) is 2.17. The standard InChI is InChI=1S/C15H21BrO2/c1-3-12-5-4-8-15(12,17)10-11-9-13(18-2)6-7-14(11)16/h6-7,9,12,17H,3-5,8,10H2,1-2H3. The van der Waals surface area contributed by atoms with Crippen LogP contribution in [0.4, 0.5) is 0 Å². The maximum atomic E-state index is 10.8. The van der Waals surface area contributed by atoms with Gasteiger partial charge >= 0.3 is 0 Å². The molecule has 100 valence electrons. The molecule has 1 saturated carbocycles. The van der Waals surface area contributed by atoms with Gasteiger partial charge in [-0.1, -0.05) is 35.7 Å². The SMILES string of the molecule is CCC1CCCC1(O)Cc1cc(OC)ccc1Br. The predicted octanol–water partition coefficient (Wildman–Crippen LogP) is 3.94. The molecule has 0 aromatic heterocycles. The minimum atomic E-state index is -0.538. The zero-order valence-corrected chi connectivity index (χ0v) is 12.7. The van der Waals surface area contributed by atoms with Crippen molar-refractivity contribution < 1.29 is 9.84 Å². The van der Waals surface area contributed by atoms with Crippen molar-refractivity contribution in [1.29, 1.82) is 0 Å². The van der Waals surface area contributed by atoms with Crippen LogP contribution in [0.1, 0.15) is 38.2 Å². The highest BCUT2D eigenvalue weighted by Gasteiger charge is 2.40. The fourth-order valence-electron chi connectivity index (χ4n) is 3.09. The molecule has 2 rings (SSSR count). The van der Waals surface area contributed by atoms with E-state index in [9.17, 15) is 5.11 Å². The van der Waals surface area contributed by atoms with E-state index in [1.807, 2.05) is 18.2 Å². The molecule has 18 heavy (non-hydrogen) atoms. The maximum absolute atomic E-state index is 10.8. The second-order valence-corrected chi connectivity index (χ2v) is 6.09. The molecule has 0 spiro atoms. The highest BCUT2D eigenvalue weighted by atomic mass is 79.9. The normalized spacial score (nSPS) is 27.4. The first-order chi connectivity index (χ1) is 8.59. The van der Waals surface area contributed by atoms with E-state index >= 15 is 0 Å². The first-order valence-electron chi connectivity index (χ1n) is 6.64. The quantitative estimate of drug-likeness (QED) is 0.912. The fourth-order valence-corrected chi connectivity index (χ4v) is 3.47. The lowest BCUT2D eigenvalue weighted by Gasteiger charge is -2.30. The van der Waals surface area contributed by atoms with Gasteiger partial charge in [-0.2, -0.15) is 0 Å². The zero-order chi connectivity index (χ0) is 13.2. The van der Waals surface area contributed by atoms with Crippen molar-refractivity contribution in [3.63, 3.8) is 0 Å². The Labute approximate surface area is 117 Å². The van der Waals surface area contributed by atoms with Crippen LogP contribution >= 0.6 is 15.9 Å². The van der Waals surface area contributed by atoms with Crippen molar-refractivity contribution >= 4 is 15.9 Å². The number of benzene rings is 1. The van der Waals surface area contributed by atoms with Crippen LogP contribution in [0.5, 0.6) is 5.75 Å². The van der Waals surface area contributed by atoms with Gasteiger partial charge in [0.25, 0.3) is 0 Å². The molecule has 0 aliphatic heterocycles. The van der Waals surface area contributed by atoms with Crippen molar-refractivity contribution in [3.05, 3.63) is 28.2 Å². The van der Waals surface area contributed by atoms with Crippen LogP contribution in [0.2, 0.25) is 0 Å².